The van der Waals surface area contributed by atoms with Crippen LogP contribution in [0, 0.1) is 11.8 Å². The van der Waals surface area contributed by atoms with Gasteiger partial charge >= 0.3 is 6.36 Å². The number of ether oxygens (including phenoxy) is 1. The molecule has 2 aliphatic carbocycles. The van der Waals surface area contributed by atoms with Crippen LogP contribution in [0.3, 0.4) is 0 Å². The molecule has 2 N–H and O–H groups in total. The average Bonchev–Trinajstić information content (AvgIpc) is 3.09. The molecule has 34 heavy (non-hydrogen) atoms. The highest BCUT2D eigenvalue weighted by atomic mass is 19.4. The van der Waals surface area contributed by atoms with Gasteiger partial charge in [-0.1, -0.05) is 0 Å². The normalized spacial score (nSPS) is 28.2. The van der Waals surface area contributed by atoms with E-state index in [9.17, 15) is 13.2 Å². The summed E-state index contributed by atoms with van der Waals surface area (Å²) in [7, 11) is 2.20. The highest BCUT2D eigenvalue weighted by molar-refractivity contribution is 5.64. The molecule has 3 fully saturated rings. The van der Waals surface area contributed by atoms with Gasteiger partial charge in [0.2, 0.25) is 0 Å². The Morgan fingerprint density at radius 1 is 1.09 bits per heavy atom. The summed E-state index contributed by atoms with van der Waals surface area (Å²) in [5.74, 6) is 0.970. The van der Waals surface area contributed by atoms with Crippen LogP contribution in [0.1, 0.15) is 50.8 Å². The first kappa shape index (κ1) is 23.4. The fraction of sp³-hybridized carbons (Fsp3) is 0.667. The minimum Gasteiger partial charge on any atom is -0.402 e. The molecule has 2 aromatic rings. The minimum absolute atomic E-state index is 0.148. The van der Waals surface area contributed by atoms with Crippen molar-refractivity contribution in [1.29, 1.82) is 0 Å². The number of halogens is 3. The number of aromatic nitrogens is 3. The summed E-state index contributed by atoms with van der Waals surface area (Å²) in [5, 5.41) is 4.75. The number of anilines is 1. The van der Waals surface area contributed by atoms with E-state index in [1.165, 1.54) is 50.3 Å². The minimum atomic E-state index is -4.83. The average molecular weight is 479 g/mol. The lowest BCUT2D eigenvalue weighted by atomic mass is 10.0. The second kappa shape index (κ2) is 8.71. The third-order valence-electron chi connectivity index (χ3n) is 7.69. The van der Waals surface area contributed by atoms with E-state index in [1.807, 2.05) is 10.7 Å². The molecule has 5 rings (SSSR count). The maximum absolute atomic E-state index is 12.8. The van der Waals surface area contributed by atoms with Crippen molar-refractivity contribution in [3.05, 3.63) is 24.0 Å². The molecule has 2 saturated carbocycles. The molecule has 0 spiro atoms. The number of nitrogens with zero attached hydrogens (tertiary/aromatic N) is 5. The van der Waals surface area contributed by atoms with Crippen molar-refractivity contribution in [1.82, 2.24) is 24.6 Å². The van der Waals surface area contributed by atoms with Gasteiger partial charge in [-0.25, -0.2) is 4.98 Å². The van der Waals surface area contributed by atoms with Crippen LogP contribution < -0.4 is 10.5 Å². The van der Waals surface area contributed by atoms with Crippen LogP contribution in [0.2, 0.25) is 0 Å². The number of hydrogen-bond donors (Lipinski definition) is 1. The lowest BCUT2D eigenvalue weighted by molar-refractivity contribution is -0.274. The van der Waals surface area contributed by atoms with Crippen molar-refractivity contribution in [2.75, 3.05) is 39.0 Å². The van der Waals surface area contributed by atoms with Crippen molar-refractivity contribution in [2.45, 2.75) is 57.5 Å². The van der Waals surface area contributed by atoms with Gasteiger partial charge in [-0.15, -0.1) is 13.2 Å². The molecule has 186 valence electrons. The van der Waals surface area contributed by atoms with E-state index in [1.54, 1.807) is 0 Å². The van der Waals surface area contributed by atoms with Crippen molar-refractivity contribution in [3.8, 4) is 17.0 Å². The summed E-state index contributed by atoms with van der Waals surface area (Å²) in [4.78, 5) is 9.01. The number of hydrogen-bond acceptors (Lipinski definition) is 6. The van der Waals surface area contributed by atoms with Crippen LogP contribution in [-0.2, 0) is 0 Å². The molecule has 1 unspecified atom stereocenters. The van der Waals surface area contributed by atoms with Crippen molar-refractivity contribution in [2.24, 2.45) is 11.8 Å². The van der Waals surface area contributed by atoms with Gasteiger partial charge in [0.05, 0.1) is 5.69 Å². The number of likely N-dealkylation sites (N-methyl/N-ethyl adjacent to an activating group) is 1. The Labute approximate surface area is 198 Å². The fourth-order valence-corrected chi connectivity index (χ4v) is 5.99. The maximum Gasteiger partial charge on any atom is 0.573 e. The van der Waals surface area contributed by atoms with Crippen molar-refractivity contribution >= 4 is 5.82 Å². The molecule has 0 aromatic carbocycles. The summed E-state index contributed by atoms with van der Waals surface area (Å²) in [6.07, 6.45) is 0.275. The first-order valence-electron chi connectivity index (χ1n) is 12.1. The summed E-state index contributed by atoms with van der Waals surface area (Å²) < 4.78 is 44.3. The molecule has 0 amide bonds. The predicted molar refractivity (Wildman–Crippen MR) is 123 cm³/mol. The van der Waals surface area contributed by atoms with Gasteiger partial charge in [-0.05, 0) is 77.2 Å². The van der Waals surface area contributed by atoms with E-state index >= 15 is 0 Å². The molecule has 3 heterocycles. The summed E-state index contributed by atoms with van der Waals surface area (Å²) in [6.45, 7) is 8.79. The lowest BCUT2D eigenvalue weighted by Gasteiger charge is -2.29. The number of alkyl halides is 3. The van der Waals surface area contributed by atoms with Crippen LogP contribution in [-0.4, -0.2) is 70.2 Å². The second-order valence-corrected chi connectivity index (χ2v) is 10.3. The molecule has 7 nitrogen and oxygen atoms in total. The predicted octanol–water partition coefficient (Wildman–Crippen LogP) is 4.14. The summed E-state index contributed by atoms with van der Waals surface area (Å²) >= 11 is 0. The van der Waals surface area contributed by atoms with Gasteiger partial charge in [0, 0.05) is 48.5 Å². The Bertz CT molecular complexity index is 1030. The van der Waals surface area contributed by atoms with E-state index in [0.717, 1.165) is 13.1 Å². The number of fused-ring (bicyclic) bond motifs is 1. The van der Waals surface area contributed by atoms with Gasteiger partial charge < -0.3 is 15.4 Å². The Morgan fingerprint density at radius 3 is 2.50 bits per heavy atom. The van der Waals surface area contributed by atoms with Gasteiger partial charge in [-0.3, -0.25) is 9.58 Å². The number of pyridine rings is 1. The molecule has 1 saturated heterocycles. The lowest BCUT2D eigenvalue weighted by Crippen LogP contribution is -2.37. The SMILES string of the molecule is CC(C)n1nc(-c2cnc(N)c(OC(F)(F)F)c2)cc1[C@H]1[C@@H]2CC(N3CCCN(C)CC3)C[C@@H]21. The zero-order valence-electron chi connectivity index (χ0n) is 19.9. The zero-order valence-corrected chi connectivity index (χ0v) is 19.9. The first-order valence-corrected chi connectivity index (χ1v) is 12.1. The van der Waals surface area contributed by atoms with E-state index in [0.29, 0.717) is 35.1 Å². The van der Waals surface area contributed by atoms with Crippen LogP contribution in [0.4, 0.5) is 19.0 Å². The fourth-order valence-electron chi connectivity index (χ4n) is 5.99. The third kappa shape index (κ3) is 4.62. The molecule has 2 aromatic heterocycles. The zero-order chi connectivity index (χ0) is 24.2. The van der Waals surface area contributed by atoms with Crippen LogP contribution in [0.15, 0.2) is 18.3 Å². The van der Waals surface area contributed by atoms with Crippen molar-refractivity contribution in [3.63, 3.8) is 0 Å². The number of nitrogen functional groups attached to an aromatic ring is 1. The third-order valence-corrected chi connectivity index (χ3v) is 7.69. The monoisotopic (exact) mass is 478 g/mol. The standard InChI is InChI=1S/C24H33F3N6O/c1-14(2)33-20(12-19(30-33)15-9-21(23(28)29-13-15)34-24(25,26)27)22-17-10-16(11-18(17)22)32-6-4-5-31(3)7-8-32/h9,12-14,16-18,22H,4-8,10-11H2,1-3H3,(H2,28,29)/t16?,17-,18+,22+. The first-order chi connectivity index (χ1) is 16.1. The topological polar surface area (TPSA) is 72.4 Å². The molecule has 1 aliphatic heterocycles. The highest BCUT2D eigenvalue weighted by Crippen LogP contribution is 2.64. The van der Waals surface area contributed by atoms with E-state index in [2.05, 4.69) is 40.4 Å². The van der Waals surface area contributed by atoms with E-state index in [4.69, 9.17) is 10.8 Å². The highest BCUT2D eigenvalue weighted by Gasteiger charge is 2.58. The quantitative estimate of drug-likeness (QED) is 0.697. The van der Waals surface area contributed by atoms with Crippen LogP contribution in [0.25, 0.3) is 11.3 Å². The van der Waals surface area contributed by atoms with Crippen LogP contribution in [0.5, 0.6) is 5.75 Å². The van der Waals surface area contributed by atoms with Gasteiger partial charge in [0.25, 0.3) is 0 Å². The molecular formula is C24H33F3N6O. The Kier molecular flexibility index (Phi) is 6.00. The van der Waals surface area contributed by atoms with Crippen LogP contribution >= 0.6 is 0 Å². The number of rotatable bonds is 5. The Morgan fingerprint density at radius 2 is 1.82 bits per heavy atom. The van der Waals surface area contributed by atoms with Gasteiger partial charge in [0.1, 0.15) is 0 Å². The van der Waals surface area contributed by atoms with E-state index < -0.39 is 12.1 Å². The molecule has 3 aliphatic rings. The smallest absolute Gasteiger partial charge is 0.402 e. The largest absolute Gasteiger partial charge is 0.573 e. The molecule has 10 heteroatoms. The van der Waals surface area contributed by atoms with Crippen molar-refractivity contribution < 1.29 is 17.9 Å². The Balaban J connectivity index is 1.33. The Hall–Kier alpha value is -2.33. The summed E-state index contributed by atoms with van der Waals surface area (Å²) in [6, 6.07) is 4.10. The second-order valence-electron chi connectivity index (χ2n) is 10.3. The molecule has 0 radical (unpaired) electrons. The number of nitrogens with two attached hydrogens (primary N) is 1. The van der Waals surface area contributed by atoms with E-state index in [-0.39, 0.29) is 11.9 Å². The van der Waals surface area contributed by atoms with Gasteiger partial charge in [0.15, 0.2) is 11.6 Å². The summed E-state index contributed by atoms with van der Waals surface area (Å²) in [5.41, 5.74) is 7.83. The molecule has 4 atom stereocenters. The maximum atomic E-state index is 12.8. The molecule has 0 bridgehead atoms. The van der Waals surface area contributed by atoms with Gasteiger partial charge in [-0.2, -0.15) is 5.10 Å². The molecular weight excluding hydrogens is 445 g/mol.